The molecular formula is C13H11NO4P+. The van der Waals surface area contributed by atoms with Crippen molar-refractivity contribution in [3.05, 3.63) is 64.2 Å². The molecule has 0 aliphatic heterocycles. The summed E-state index contributed by atoms with van der Waals surface area (Å²) in [7, 11) is -2.02. The van der Waals surface area contributed by atoms with Crippen molar-refractivity contribution in [2.45, 2.75) is 6.92 Å². The monoisotopic (exact) mass is 276 g/mol. The number of aryl methyl sites for hydroxylation is 1. The molecule has 0 N–H and O–H groups in total. The molecule has 2 aromatic carbocycles. The lowest BCUT2D eigenvalue weighted by Crippen LogP contribution is -2.03. The lowest BCUT2D eigenvalue weighted by atomic mass is 10.2. The Balaban J connectivity index is 2.15. The number of nitro benzene ring substituents is 1. The van der Waals surface area contributed by atoms with Gasteiger partial charge in [-0.2, -0.15) is 0 Å². The first-order chi connectivity index (χ1) is 9.08. The molecule has 0 aliphatic rings. The van der Waals surface area contributed by atoms with E-state index in [2.05, 4.69) is 0 Å². The van der Waals surface area contributed by atoms with Crippen LogP contribution in [0.3, 0.4) is 0 Å². The normalized spacial score (nSPS) is 10.9. The first kappa shape index (κ1) is 13.2. The van der Waals surface area contributed by atoms with E-state index in [1.807, 2.05) is 19.1 Å². The molecule has 2 aromatic rings. The van der Waals surface area contributed by atoms with Gasteiger partial charge in [-0.15, -0.1) is 0 Å². The third-order valence-electron chi connectivity index (χ3n) is 2.55. The van der Waals surface area contributed by atoms with Crippen LogP contribution in [0.2, 0.25) is 0 Å². The van der Waals surface area contributed by atoms with Gasteiger partial charge in [0.2, 0.25) is 5.30 Å². The fraction of sp³-hybridized carbons (Fsp3) is 0.0769. The Morgan fingerprint density at radius 2 is 1.74 bits per heavy atom. The summed E-state index contributed by atoms with van der Waals surface area (Å²) in [6.45, 7) is 1.85. The number of nitrogens with zero attached hydrogens (tertiary/aromatic N) is 1. The molecule has 1 atom stereocenters. The van der Waals surface area contributed by atoms with Gasteiger partial charge in [0, 0.05) is 17.7 Å². The van der Waals surface area contributed by atoms with Gasteiger partial charge in [-0.05, 0) is 29.7 Å². The van der Waals surface area contributed by atoms with Crippen LogP contribution in [0.1, 0.15) is 5.56 Å². The quantitative estimate of drug-likeness (QED) is 0.488. The maximum Gasteiger partial charge on any atom is 0.597 e. The number of benzene rings is 2. The number of hydrogen-bond donors (Lipinski definition) is 0. The summed E-state index contributed by atoms with van der Waals surface area (Å²) in [6.07, 6.45) is 0. The van der Waals surface area contributed by atoms with Crippen molar-refractivity contribution in [1.29, 1.82) is 0 Å². The molecule has 0 amide bonds. The lowest BCUT2D eigenvalue weighted by Gasteiger charge is -1.95. The highest BCUT2D eigenvalue weighted by atomic mass is 31.1. The summed E-state index contributed by atoms with van der Waals surface area (Å²) in [6, 6.07) is 12.7. The van der Waals surface area contributed by atoms with Crippen molar-refractivity contribution in [3.8, 4) is 5.75 Å². The molecule has 1 unspecified atom stereocenters. The highest BCUT2D eigenvalue weighted by Gasteiger charge is 2.25. The summed E-state index contributed by atoms with van der Waals surface area (Å²) in [5.74, 6) is 0.343. The first-order valence-electron chi connectivity index (χ1n) is 5.53. The molecule has 0 saturated carbocycles. The maximum absolute atomic E-state index is 12.0. The van der Waals surface area contributed by atoms with Crippen molar-refractivity contribution < 1.29 is 14.0 Å². The first-order valence-corrected chi connectivity index (χ1v) is 6.71. The van der Waals surface area contributed by atoms with Gasteiger partial charge >= 0.3 is 8.03 Å². The van der Waals surface area contributed by atoms with Gasteiger partial charge < -0.3 is 0 Å². The Labute approximate surface area is 110 Å². The summed E-state index contributed by atoms with van der Waals surface area (Å²) in [4.78, 5) is 10.0. The lowest BCUT2D eigenvalue weighted by molar-refractivity contribution is -0.384. The van der Waals surface area contributed by atoms with Crippen molar-refractivity contribution in [1.82, 2.24) is 0 Å². The van der Waals surface area contributed by atoms with Crippen LogP contribution in [0.5, 0.6) is 5.75 Å². The van der Waals surface area contributed by atoms with Crippen LogP contribution in [0.4, 0.5) is 5.69 Å². The third kappa shape index (κ3) is 3.14. The van der Waals surface area contributed by atoms with Crippen LogP contribution < -0.4 is 9.83 Å². The summed E-state index contributed by atoms with van der Waals surface area (Å²) < 4.78 is 17.3. The van der Waals surface area contributed by atoms with Crippen LogP contribution >= 0.6 is 8.03 Å². The summed E-state index contributed by atoms with van der Waals surface area (Å²) >= 11 is 0. The van der Waals surface area contributed by atoms with Crippen LogP contribution in [0.15, 0.2) is 48.5 Å². The van der Waals surface area contributed by atoms with Crippen molar-refractivity contribution in [2.24, 2.45) is 0 Å². The maximum atomic E-state index is 12.0. The molecule has 0 bridgehead atoms. The van der Waals surface area contributed by atoms with Gasteiger partial charge in [-0.25, -0.2) is 0 Å². The molecule has 0 fully saturated rings. The Kier molecular flexibility index (Phi) is 3.88. The van der Waals surface area contributed by atoms with E-state index in [9.17, 15) is 14.7 Å². The minimum atomic E-state index is -2.02. The highest BCUT2D eigenvalue weighted by molar-refractivity contribution is 7.48. The van der Waals surface area contributed by atoms with Gasteiger partial charge in [0.05, 0.1) is 4.92 Å². The zero-order valence-electron chi connectivity index (χ0n) is 10.1. The van der Waals surface area contributed by atoms with Gasteiger partial charge in [0.1, 0.15) is 0 Å². The number of nitro groups is 1. The molecule has 19 heavy (non-hydrogen) atoms. The Bertz CT molecular complexity index is 625. The van der Waals surface area contributed by atoms with E-state index in [0.29, 0.717) is 11.1 Å². The molecule has 0 aromatic heterocycles. The van der Waals surface area contributed by atoms with Crippen LogP contribution in [-0.2, 0) is 4.57 Å². The van der Waals surface area contributed by atoms with Gasteiger partial charge in [-0.3, -0.25) is 14.6 Å². The topological polar surface area (TPSA) is 69.4 Å². The third-order valence-corrected chi connectivity index (χ3v) is 3.82. The minimum Gasteiger partial charge on any atom is -0.258 e. The van der Waals surface area contributed by atoms with Crippen LogP contribution in [0, 0.1) is 17.0 Å². The molecule has 0 radical (unpaired) electrons. The fourth-order valence-corrected chi connectivity index (χ4v) is 2.52. The summed E-state index contributed by atoms with van der Waals surface area (Å²) in [5, 5.41) is 11.1. The molecule has 96 valence electrons. The SMILES string of the molecule is Cc1ccccc1[P+](=O)Oc1ccc([N+](=O)[O-])cc1. The van der Waals surface area contributed by atoms with Gasteiger partial charge in [-0.1, -0.05) is 18.2 Å². The molecule has 6 heteroatoms. The predicted molar refractivity (Wildman–Crippen MR) is 72.1 cm³/mol. The Morgan fingerprint density at radius 3 is 2.32 bits per heavy atom. The number of non-ortho nitro benzene ring substituents is 1. The average Bonchev–Trinajstić information content (AvgIpc) is 2.39. The zero-order chi connectivity index (χ0) is 13.8. The number of rotatable bonds is 4. The van der Waals surface area contributed by atoms with Crippen molar-refractivity contribution >= 4 is 19.0 Å². The highest BCUT2D eigenvalue weighted by Crippen LogP contribution is 2.28. The van der Waals surface area contributed by atoms with E-state index in [1.165, 1.54) is 24.3 Å². The number of hydrogen-bond acceptors (Lipinski definition) is 4. The van der Waals surface area contributed by atoms with Gasteiger partial charge in [0.15, 0.2) is 5.75 Å². The van der Waals surface area contributed by atoms with Gasteiger partial charge in [0.25, 0.3) is 5.69 Å². The smallest absolute Gasteiger partial charge is 0.258 e. The molecule has 2 rings (SSSR count). The molecule has 5 nitrogen and oxygen atoms in total. The second-order valence-electron chi connectivity index (χ2n) is 3.89. The van der Waals surface area contributed by atoms with E-state index in [4.69, 9.17) is 4.52 Å². The second kappa shape index (κ2) is 5.59. The standard InChI is InChI=1S/C13H11NO4P/c1-10-4-2-3-5-13(10)19(17)18-12-8-6-11(7-9-12)14(15)16/h2-9H,1H3/q+1. The van der Waals surface area contributed by atoms with E-state index in [-0.39, 0.29) is 5.69 Å². The van der Waals surface area contributed by atoms with E-state index < -0.39 is 13.0 Å². The second-order valence-corrected chi connectivity index (χ2v) is 5.06. The van der Waals surface area contributed by atoms with Crippen LogP contribution in [0.25, 0.3) is 0 Å². The summed E-state index contributed by atoms with van der Waals surface area (Å²) in [5.41, 5.74) is 0.851. The zero-order valence-corrected chi connectivity index (χ0v) is 11.0. The fourth-order valence-electron chi connectivity index (χ4n) is 1.54. The molecular weight excluding hydrogens is 265 g/mol. The molecule has 0 saturated heterocycles. The largest absolute Gasteiger partial charge is 0.597 e. The molecule has 0 spiro atoms. The van der Waals surface area contributed by atoms with E-state index >= 15 is 0 Å². The van der Waals surface area contributed by atoms with E-state index in [1.54, 1.807) is 12.1 Å². The Hall–Kier alpha value is -2.26. The molecule has 0 heterocycles. The van der Waals surface area contributed by atoms with Crippen molar-refractivity contribution in [3.63, 3.8) is 0 Å². The van der Waals surface area contributed by atoms with E-state index in [0.717, 1.165) is 5.56 Å². The van der Waals surface area contributed by atoms with Crippen molar-refractivity contribution in [2.75, 3.05) is 0 Å². The van der Waals surface area contributed by atoms with Crippen LogP contribution in [-0.4, -0.2) is 4.92 Å². The predicted octanol–water partition coefficient (Wildman–Crippen LogP) is 3.35. The average molecular weight is 276 g/mol. The molecule has 0 aliphatic carbocycles. The Morgan fingerprint density at radius 1 is 1.11 bits per heavy atom. The minimum absolute atomic E-state index is 0.0292.